The summed E-state index contributed by atoms with van der Waals surface area (Å²) < 4.78 is 42.3. The van der Waals surface area contributed by atoms with Crippen molar-refractivity contribution >= 4 is 21.9 Å². The van der Waals surface area contributed by atoms with Crippen LogP contribution in [0.1, 0.15) is 23.2 Å². The summed E-state index contributed by atoms with van der Waals surface area (Å²) in [5.74, 6) is -2.92. The molecule has 0 spiro atoms. The summed E-state index contributed by atoms with van der Waals surface area (Å²) in [6.45, 7) is 0. The molecule has 1 aromatic carbocycles. The Balaban J connectivity index is 2.63. The molecule has 1 saturated carbocycles. The highest BCUT2D eigenvalue weighted by molar-refractivity contribution is 7.90. The maximum atomic E-state index is 13.7. The maximum Gasteiger partial charge on any atom is 0.180 e. The van der Waals surface area contributed by atoms with Crippen LogP contribution in [0.15, 0.2) is 17.0 Å². The third-order valence-corrected chi connectivity index (χ3v) is 4.63. The average Bonchev–Trinajstić information content (AvgIpc) is 3.22. The molecule has 0 heterocycles. The number of methoxy groups -OCH3 is 1. The number of carbonyl (C=O) groups is 2. The van der Waals surface area contributed by atoms with Crippen LogP contribution in [0.25, 0.3) is 0 Å². The van der Waals surface area contributed by atoms with Gasteiger partial charge in [0.1, 0.15) is 11.2 Å². The number of sulfone groups is 1. The number of hydrogen-bond acceptors (Lipinski definition) is 5. The quantitative estimate of drug-likeness (QED) is 0.453. The lowest BCUT2D eigenvalue weighted by Gasteiger charge is -2.15. The van der Waals surface area contributed by atoms with Crippen molar-refractivity contribution in [2.75, 3.05) is 13.4 Å². The van der Waals surface area contributed by atoms with Crippen LogP contribution in [0.2, 0.25) is 0 Å². The van der Waals surface area contributed by atoms with Crippen molar-refractivity contribution in [2.45, 2.75) is 17.7 Å². The first-order chi connectivity index (χ1) is 9.81. The lowest BCUT2D eigenvalue weighted by atomic mass is 9.94. The molecule has 0 aromatic heterocycles. The van der Waals surface area contributed by atoms with Gasteiger partial charge in [-0.25, -0.2) is 12.8 Å². The van der Waals surface area contributed by atoms with Crippen molar-refractivity contribution < 1.29 is 27.1 Å². The second kappa shape index (κ2) is 5.55. The number of ether oxygens (including phenoxy) is 1. The minimum absolute atomic E-state index is 0.0570. The normalized spacial score (nSPS) is 16.3. The minimum Gasteiger partial charge on any atom is -0.492 e. The molecule has 1 fully saturated rings. The van der Waals surface area contributed by atoms with E-state index in [1.165, 1.54) is 0 Å². The molecule has 1 atom stereocenters. The summed E-state index contributed by atoms with van der Waals surface area (Å²) in [5, 5.41) is 0. The Morgan fingerprint density at radius 3 is 2.48 bits per heavy atom. The summed E-state index contributed by atoms with van der Waals surface area (Å²) in [6, 6.07) is 2.06. The van der Waals surface area contributed by atoms with Crippen LogP contribution in [0.5, 0.6) is 5.75 Å². The smallest absolute Gasteiger partial charge is 0.180 e. The molecule has 1 aliphatic rings. The van der Waals surface area contributed by atoms with Gasteiger partial charge < -0.3 is 9.53 Å². The monoisotopic (exact) mass is 314 g/mol. The first kappa shape index (κ1) is 15.6. The predicted octanol–water partition coefficient (Wildman–Crippen LogP) is 1.65. The molecule has 1 unspecified atom stereocenters. The summed E-state index contributed by atoms with van der Waals surface area (Å²) in [6.07, 6.45) is 2.90. The molecule has 0 saturated heterocycles. The number of Topliss-reactive ketones (excluding diaryl/α,β-unsaturated/α-hetero) is 1. The fourth-order valence-electron chi connectivity index (χ4n) is 2.31. The second-order valence-corrected chi connectivity index (χ2v) is 7.05. The minimum atomic E-state index is -3.89. The van der Waals surface area contributed by atoms with Gasteiger partial charge in [-0.15, -0.1) is 0 Å². The molecular formula is C14H15FO5S. The fourth-order valence-corrected chi connectivity index (χ4v) is 3.40. The van der Waals surface area contributed by atoms with Crippen molar-refractivity contribution in [3.8, 4) is 5.75 Å². The Morgan fingerprint density at radius 2 is 2.05 bits per heavy atom. The third kappa shape index (κ3) is 2.97. The van der Waals surface area contributed by atoms with E-state index in [4.69, 9.17) is 4.74 Å². The molecule has 21 heavy (non-hydrogen) atoms. The van der Waals surface area contributed by atoms with E-state index in [1.54, 1.807) is 0 Å². The topological polar surface area (TPSA) is 77.5 Å². The number of halogens is 1. The van der Waals surface area contributed by atoms with Gasteiger partial charge in [0, 0.05) is 11.8 Å². The standard InChI is InChI=1S/C14H15FO5S/c1-20-13-11(15)6-5-9(14(13)21(2,18)19)12(17)10(7-16)8-3-4-8/h5-8,10H,3-4H2,1-2H3. The van der Waals surface area contributed by atoms with Crippen molar-refractivity contribution in [3.63, 3.8) is 0 Å². The van der Waals surface area contributed by atoms with Gasteiger partial charge in [-0.05, 0) is 30.9 Å². The number of carbonyl (C=O) groups excluding carboxylic acids is 2. The van der Waals surface area contributed by atoms with E-state index in [0.29, 0.717) is 6.29 Å². The third-order valence-electron chi connectivity index (χ3n) is 3.48. The highest BCUT2D eigenvalue weighted by atomic mass is 32.2. The number of aldehydes is 1. The zero-order valence-corrected chi connectivity index (χ0v) is 12.4. The number of hydrogen-bond donors (Lipinski definition) is 0. The first-order valence-electron chi connectivity index (χ1n) is 6.37. The Labute approximate surface area is 122 Å². The number of ketones is 1. The predicted molar refractivity (Wildman–Crippen MR) is 72.7 cm³/mol. The summed E-state index contributed by atoms with van der Waals surface area (Å²) >= 11 is 0. The van der Waals surface area contributed by atoms with E-state index >= 15 is 0 Å². The van der Waals surface area contributed by atoms with Gasteiger partial charge in [0.05, 0.1) is 13.0 Å². The highest BCUT2D eigenvalue weighted by Gasteiger charge is 2.38. The van der Waals surface area contributed by atoms with Gasteiger partial charge in [0.2, 0.25) is 0 Å². The van der Waals surface area contributed by atoms with Crippen LogP contribution in [0.4, 0.5) is 4.39 Å². The summed E-state index contributed by atoms with van der Waals surface area (Å²) in [5.41, 5.74) is -0.195. The average molecular weight is 314 g/mol. The molecule has 114 valence electrons. The van der Waals surface area contributed by atoms with Gasteiger partial charge in [0.15, 0.2) is 27.2 Å². The van der Waals surface area contributed by atoms with Gasteiger partial charge in [-0.1, -0.05) is 0 Å². The fraction of sp³-hybridized carbons (Fsp3) is 0.429. The number of rotatable bonds is 6. The van der Waals surface area contributed by atoms with E-state index in [2.05, 4.69) is 0 Å². The van der Waals surface area contributed by atoms with Crippen LogP contribution in [-0.2, 0) is 14.6 Å². The van der Waals surface area contributed by atoms with Crippen molar-refractivity contribution in [1.29, 1.82) is 0 Å². The molecular weight excluding hydrogens is 299 g/mol. The summed E-state index contributed by atoms with van der Waals surface area (Å²) in [7, 11) is -2.77. The van der Waals surface area contributed by atoms with E-state index in [0.717, 1.165) is 38.3 Å². The molecule has 7 heteroatoms. The van der Waals surface area contributed by atoms with Crippen LogP contribution in [-0.4, -0.2) is 33.9 Å². The Bertz CT molecular complexity index is 692. The molecule has 0 N–H and O–H groups in total. The number of benzene rings is 1. The van der Waals surface area contributed by atoms with Gasteiger partial charge in [0.25, 0.3) is 0 Å². The molecule has 0 amide bonds. The molecule has 0 bridgehead atoms. The van der Waals surface area contributed by atoms with E-state index in [-0.39, 0.29) is 11.5 Å². The van der Waals surface area contributed by atoms with E-state index in [1.807, 2.05) is 0 Å². The van der Waals surface area contributed by atoms with Crippen molar-refractivity contribution in [2.24, 2.45) is 11.8 Å². The van der Waals surface area contributed by atoms with Crippen molar-refractivity contribution in [3.05, 3.63) is 23.5 Å². The molecule has 1 aromatic rings. The SMILES string of the molecule is COc1c(F)ccc(C(=O)C(C=O)C2CC2)c1S(C)(=O)=O. The molecule has 0 radical (unpaired) electrons. The molecule has 1 aliphatic carbocycles. The lowest BCUT2D eigenvalue weighted by molar-refractivity contribution is -0.110. The Kier molecular flexibility index (Phi) is 4.13. The van der Waals surface area contributed by atoms with Crippen LogP contribution in [0, 0.1) is 17.7 Å². The zero-order valence-electron chi connectivity index (χ0n) is 11.6. The van der Waals surface area contributed by atoms with Gasteiger partial charge in [-0.2, -0.15) is 0 Å². The maximum absolute atomic E-state index is 13.7. The molecule has 0 aliphatic heterocycles. The lowest BCUT2D eigenvalue weighted by Crippen LogP contribution is -2.21. The largest absolute Gasteiger partial charge is 0.492 e. The van der Waals surface area contributed by atoms with Crippen LogP contribution in [0.3, 0.4) is 0 Å². The van der Waals surface area contributed by atoms with Crippen molar-refractivity contribution in [1.82, 2.24) is 0 Å². The van der Waals surface area contributed by atoms with Gasteiger partial charge >= 0.3 is 0 Å². The Morgan fingerprint density at radius 1 is 1.43 bits per heavy atom. The zero-order chi connectivity index (χ0) is 15.8. The van der Waals surface area contributed by atoms with Crippen LogP contribution >= 0.6 is 0 Å². The molecule has 2 rings (SSSR count). The first-order valence-corrected chi connectivity index (χ1v) is 8.26. The summed E-state index contributed by atoms with van der Waals surface area (Å²) in [4.78, 5) is 23.0. The Hall–Kier alpha value is -1.76. The van der Waals surface area contributed by atoms with E-state index in [9.17, 15) is 22.4 Å². The highest BCUT2D eigenvalue weighted by Crippen LogP contribution is 2.39. The van der Waals surface area contributed by atoms with E-state index < -0.39 is 38.0 Å². The van der Waals surface area contributed by atoms with Gasteiger partial charge in [-0.3, -0.25) is 4.79 Å². The molecule has 5 nitrogen and oxygen atoms in total. The second-order valence-electron chi connectivity index (χ2n) is 5.09. The van der Waals surface area contributed by atoms with Crippen LogP contribution < -0.4 is 4.74 Å².